The molecule has 24 heavy (non-hydrogen) atoms. The lowest BCUT2D eigenvalue weighted by molar-refractivity contribution is -0.129. The molecule has 3 heterocycles. The molecule has 2 amide bonds. The Morgan fingerprint density at radius 2 is 2.29 bits per heavy atom. The van der Waals surface area contributed by atoms with E-state index in [1.54, 1.807) is 20.8 Å². The van der Waals surface area contributed by atoms with E-state index in [-0.39, 0.29) is 17.7 Å². The van der Waals surface area contributed by atoms with E-state index in [4.69, 9.17) is 0 Å². The Balaban J connectivity index is 1.47. The lowest BCUT2D eigenvalue weighted by Crippen LogP contribution is -2.35. The van der Waals surface area contributed by atoms with Crippen molar-refractivity contribution in [2.75, 3.05) is 19.6 Å². The highest BCUT2D eigenvalue weighted by Gasteiger charge is 2.34. The molecule has 7 nitrogen and oxygen atoms in total. The average molecular weight is 349 g/mol. The third kappa shape index (κ3) is 3.75. The van der Waals surface area contributed by atoms with E-state index < -0.39 is 0 Å². The molecular weight excluding hydrogens is 326 g/mol. The van der Waals surface area contributed by atoms with Crippen molar-refractivity contribution in [3.8, 4) is 0 Å². The number of hydrogen-bond donors (Lipinski definition) is 1. The second-order valence-electron chi connectivity index (χ2n) is 6.72. The van der Waals surface area contributed by atoms with Crippen molar-refractivity contribution in [3.05, 3.63) is 16.9 Å². The molecule has 1 saturated heterocycles. The summed E-state index contributed by atoms with van der Waals surface area (Å²) in [5, 5.41) is 8.23. The third-order valence-corrected chi connectivity index (χ3v) is 4.88. The molecule has 2 aromatic heterocycles. The Bertz CT molecular complexity index is 719. The second-order valence-corrected chi connectivity index (χ2v) is 7.88. The van der Waals surface area contributed by atoms with Crippen LogP contribution in [0, 0.1) is 18.8 Å². The Morgan fingerprint density at radius 1 is 1.50 bits per heavy atom. The average Bonchev–Trinajstić information content (AvgIpc) is 3.12. The molecule has 3 rings (SSSR count). The fourth-order valence-corrected chi connectivity index (χ4v) is 3.73. The predicted molar refractivity (Wildman–Crippen MR) is 91.8 cm³/mol. The number of rotatable bonds is 6. The number of nitrogens with one attached hydrogen (secondary N) is 1. The first-order valence-electron chi connectivity index (χ1n) is 8.29. The summed E-state index contributed by atoms with van der Waals surface area (Å²) in [6.07, 6.45) is 2.88. The number of likely N-dealkylation sites (tertiary alicyclic amines) is 1. The number of imidazole rings is 1. The first-order chi connectivity index (χ1) is 11.4. The van der Waals surface area contributed by atoms with E-state index in [0.717, 1.165) is 22.2 Å². The minimum atomic E-state index is -0.231. The fourth-order valence-electron chi connectivity index (χ4n) is 2.99. The Morgan fingerprint density at radius 3 is 3.00 bits per heavy atom. The summed E-state index contributed by atoms with van der Waals surface area (Å²) in [6, 6.07) is 0. The first-order valence-corrected chi connectivity index (χ1v) is 9.11. The van der Waals surface area contributed by atoms with Crippen LogP contribution in [0.1, 0.15) is 31.0 Å². The first kappa shape index (κ1) is 16.9. The van der Waals surface area contributed by atoms with E-state index in [0.29, 0.717) is 31.8 Å². The summed E-state index contributed by atoms with van der Waals surface area (Å²) in [6.45, 7) is 7.88. The van der Waals surface area contributed by atoms with Gasteiger partial charge in [0, 0.05) is 32.5 Å². The van der Waals surface area contributed by atoms with Gasteiger partial charge in [0.05, 0.1) is 17.8 Å². The number of carbonyl (C=O) groups is 2. The van der Waals surface area contributed by atoms with Crippen LogP contribution in [0.5, 0.6) is 0 Å². The lowest BCUT2D eigenvalue weighted by Gasteiger charge is -2.18. The number of hydrogen-bond acceptors (Lipinski definition) is 5. The van der Waals surface area contributed by atoms with E-state index in [9.17, 15) is 9.59 Å². The minimum Gasteiger partial charge on any atom is -0.355 e. The zero-order valence-electron chi connectivity index (χ0n) is 14.3. The monoisotopic (exact) mass is 349 g/mol. The zero-order valence-corrected chi connectivity index (χ0v) is 15.1. The van der Waals surface area contributed by atoms with Gasteiger partial charge < -0.3 is 10.2 Å². The van der Waals surface area contributed by atoms with Gasteiger partial charge in [-0.15, -0.1) is 0 Å². The fraction of sp³-hybridized carbons (Fsp3) is 0.625. The molecule has 1 fully saturated rings. The van der Waals surface area contributed by atoms with Gasteiger partial charge in [-0.05, 0) is 12.8 Å². The molecule has 0 unspecified atom stereocenters. The SMILES string of the molecule is Cc1nn2cc(CCNC(=O)[C@@H]3CC(=O)N(CC(C)C)C3)nc2s1. The molecule has 0 spiro atoms. The highest BCUT2D eigenvalue weighted by Crippen LogP contribution is 2.19. The van der Waals surface area contributed by atoms with Crippen LogP contribution in [0.4, 0.5) is 0 Å². The molecule has 0 bridgehead atoms. The molecule has 0 aromatic carbocycles. The highest BCUT2D eigenvalue weighted by molar-refractivity contribution is 7.16. The van der Waals surface area contributed by atoms with Crippen LogP contribution in [0.2, 0.25) is 0 Å². The molecule has 2 aromatic rings. The van der Waals surface area contributed by atoms with Gasteiger partial charge in [-0.2, -0.15) is 5.10 Å². The number of aryl methyl sites for hydroxylation is 1. The number of carbonyl (C=O) groups excluding carboxylic acids is 2. The molecule has 130 valence electrons. The Hall–Kier alpha value is -1.96. The molecule has 1 aliphatic heterocycles. The largest absolute Gasteiger partial charge is 0.355 e. The van der Waals surface area contributed by atoms with Crippen LogP contribution in [-0.4, -0.2) is 50.9 Å². The number of fused-ring (bicyclic) bond motifs is 1. The van der Waals surface area contributed by atoms with Gasteiger partial charge in [-0.25, -0.2) is 9.50 Å². The van der Waals surface area contributed by atoms with Gasteiger partial charge in [0.2, 0.25) is 16.8 Å². The maximum Gasteiger partial charge on any atom is 0.225 e. The summed E-state index contributed by atoms with van der Waals surface area (Å²) < 4.78 is 1.77. The zero-order chi connectivity index (χ0) is 17.3. The Kier molecular flexibility index (Phi) is 4.84. The van der Waals surface area contributed by atoms with Gasteiger partial charge in [0.25, 0.3) is 0 Å². The summed E-state index contributed by atoms with van der Waals surface area (Å²) in [4.78, 5) is 31.4. The highest BCUT2D eigenvalue weighted by atomic mass is 32.1. The van der Waals surface area contributed by atoms with Gasteiger partial charge >= 0.3 is 0 Å². The van der Waals surface area contributed by atoms with E-state index in [1.807, 2.05) is 13.1 Å². The van der Waals surface area contributed by atoms with Crippen LogP contribution in [0.25, 0.3) is 4.96 Å². The predicted octanol–water partition coefficient (Wildman–Crippen LogP) is 1.26. The third-order valence-electron chi connectivity index (χ3n) is 4.05. The van der Waals surface area contributed by atoms with Crippen LogP contribution in [0.15, 0.2) is 6.20 Å². The van der Waals surface area contributed by atoms with E-state index >= 15 is 0 Å². The van der Waals surface area contributed by atoms with Gasteiger partial charge in [-0.1, -0.05) is 25.2 Å². The van der Waals surface area contributed by atoms with Crippen LogP contribution in [-0.2, 0) is 16.0 Å². The topological polar surface area (TPSA) is 79.6 Å². The van der Waals surface area contributed by atoms with Crippen molar-refractivity contribution in [2.45, 2.75) is 33.6 Å². The maximum absolute atomic E-state index is 12.3. The number of aromatic nitrogens is 3. The van der Waals surface area contributed by atoms with Crippen LogP contribution < -0.4 is 5.32 Å². The van der Waals surface area contributed by atoms with Crippen molar-refractivity contribution in [1.29, 1.82) is 0 Å². The lowest BCUT2D eigenvalue weighted by atomic mass is 10.1. The molecule has 1 aliphatic rings. The van der Waals surface area contributed by atoms with Crippen LogP contribution in [0.3, 0.4) is 0 Å². The van der Waals surface area contributed by atoms with Crippen molar-refractivity contribution in [1.82, 2.24) is 24.8 Å². The molecule has 1 atom stereocenters. The number of amides is 2. The van der Waals surface area contributed by atoms with Crippen molar-refractivity contribution in [2.24, 2.45) is 11.8 Å². The quantitative estimate of drug-likeness (QED) is 0.851. The van der Waals surface area contributed by atoms with Gasteiger partial charge in [-0.3, -0.25) is 9.59 Å². The minimum absolute atomic E-state index is 0.0374. The molecule has 0 radical (unpaired) electrons. The normalized spacial score (nSPS) is 18.1. The van der Waals surface area contributed by atoms with Gasteiger partial charge in [0.1, 0.15) is 5.01 Å². The maximum atomic E-state index is 12.3. The standard InChI is InChI=1S/C16H23N5O2S/c1-10(2)7-20-8-12(6-14(20)22)15(23)17-5-4-13-9-21-16(18-13)24-11(3)19-21/h9-10,12H,4-8H2,1-3H3,(H,17,23)/t12-/m1/s1. The summed E-state index contributed by atoms with van der Waals surface area (Å²) in [7, 11) is 0. The molecule has 0 aliphatic carbocycles. The van der Waals surface area contributed by atoms with Crippen LogP contribution >= 0.6 is 11.3 Å². The Labute approximate surface area is 145 Å². The summed E-state index contributed by atoms with van der Waals surface area (Å²) in [5.41, 5.74) is 0.915. The second kappa shape index (κ2) is 6.88. The molecule has 8 heteroatoms. The summed E-state index contributed by atoms with van der Waals surface area (Å²) in [5.74, 6) is 0.234. The molecule has 1 N–H and O–H groups in total. The summed E-state index contributed by atoms with van der Waals surface area (Å²) >= 11 is 1.55. The van der Waals surface area contributed by atoms with E-state index in [2.05, 4.69) is 29.2 Å². The molecule has 0 saturated carbocycles. The van der Waals surface area contributed by atoms with Crippen molar-refractivity contribution in [3.63, 3.8) is 0 Å². The number of nitrogens with zero attached hydrogens (tertiary/aromatic N) is 4. The van der Waals surface area contributed by atoms with E-state index in [1.165, 1.54) is 0 Å². The molecular formula is C16H23N5O2S. The van der Waals surface area contributed by atoms with Gasteiger partial charge in [0.15, 0.2) is 0 Å². The van der Waals surface area contributed by atoms with Crippen molar-refractivity contribution >= 4 is 28.1 Å². The smallest absolute Gasteiger partial charge is 0.225 e. The van der Waals surface area contributed by atoms with Crippen molar-refractivity contribution < 1.29 is 9.59 Å².